The fourth-order valence-corrected chi connectivity index (χ4v) is 4.70. The Morgan fingerprint density at radius 1 is 1.19 bits per heavy atom. The van der Waals surface area contributed by atoms with Gasteiger partial charge in [0.1, 0.15) is 0 Å². The normalized spacial score (nSPS) is 14.5. The number of halogens is 1. The van der Waals surface area contributed by atoms with Crippen LogP contribution in [0.4, 0.5) is 0 Å². The second kappa shape index (κ2) is 8.51. The van der Waals surface area contributed by atoms with Gasteiger partial charge in [-0.15, -0.1) is 0 Å². The van der Waals surface area contributed by atoms with Gasteiger partial charge in [-0.25, -0.2) is 0 Å². The van der Waals surface area contributed by atoms with E-state index in [1.165, 1.54) is 0 Å². The molecule has 2 heterocycles. The summed E-state index contributed by atoms with van der Waals surface area (Å²) in [4.78, 5) is 18.0. The van der Waals surface area contributed by atoms with Crippen LogP contribution < -0.4 is 5.32 Å². The second-order valence-corrected chi connectivity index (χ2v) is 9.25. The van der Waals surface area contributed by atoms with Gasteiger partial charge in [-0.1, -0.05) is 28.1 Å². The molecule has 0 aliphatic heterocycles. The number of aromatic nitrogens is 3. The summed E-state index contributed by atoms with van der Waals surface area (Å²) in [5, 5.41) is 12.3. The van der Waals surface area contributed by atoms with Crippen molar-refractivity contribution < 1.29 is 4.79 Å². The van der Waals surface area contributed by atoms with E-state index < -0.39 is 0 Å². The minimum Gasteiger partial charge on any atom is -0.343 e. The van der Waals surface area contributed by atoms with Gasteiger partial charge in [0.2, 0.25) is 0 Å². The summed E-state index contributed by atoms with van der Waals surface area (Å²) in [6.07, 6.45) is 5.92. The van der Waals surface area contributed by atoms with Crippen molar-refractivity contribution in [3.63, 3.8) is 0 Å². The molecule has 0 bridgehead atoms. The molecule has 162 valence electrons. The van der Waals surface area contributed by atoms with Gasteiger partial charge in [0.25, 0.3) is 5.91 Å². The first-order chi connectivity index (χ1) is 15.5. The van der Waals surface area contributed by atoms with Gasteiger partial charge in [0.15, 0.2) is 0 Å². The van der Waals surface area contributed by atoms with Crippen molar-refractivity contribution in [2.75, 3.05) is 0 Å². The number of rotatable bonds is 6. The monoisotopic (exact) mass is 488 g/mol. The molecule has 1 atom stereocenters. The van der Waals surface area contributed by atoms with Crippen LogP contribution in [-0.2, 0) is 5.33 Å². The fraction of sp³-hybridized carbons (Fsp3) is 0.269. The predicted octanol–water partition coefficient (Wildman–Crippen LogP) is 6.02. The highest BCUT2D eigenvalue weighted by Gasteiger charge is 2.34. The van der Waals surface area contributed by atoms with E-state index in [0.29, 0.717) is 16.8 Å². The number of aryl methyl sites for hydroxylation is 2. The van der Waals surface area contributed by atoms with Crippen molar-refractivity contribution in [3.8, 4) is 11.1 Å². The van der Waals surface area contributed by atoms with Gasteiger partial charge in [-0.3, -0.25) is 14.9 Å². The van der Waals surface area contributed by atoms with Gasteiger partial charge in [-0.2, -0.15) is 5.10 Å². The number of hydrogen-bond donors (Lipinski definition) is 2. The van der Waals surface area contributed by atoms with Crippen molar-refractivity contribution in [3.05, 3.63) is 82.8 Å². The average Bonchev–Trinajstić information content (AvgIpc) is 3.53. The Hall–Kier alpha value is -2.99. The summed E-state index contributed by atoms with van der Waals surface area (Å²) in [5.74, 6) is 0.389. The SMILES string of the molecule is Cc1ccnc(C(NC(=O)c2cc(CBr)cc(-c3c(C)ccc4[nH]ncc34)c2)C2CC2)c1. The number of alkyl halides is 1. The Bertz CT molecular complexity index is 1310. The van der Waals surface area contributed by atoms with Crippen LogP contribution in [0, 0.1) is 19.8 Å². The molecule has 0 saturated heterocycles. The Labute approximate surface area is 195 Å². The van der Waals surface area contributed by atoms with E-state index in [1.807, 2.05) is 36.7 Å². The minimum absolute atomic E-state index is 0.0579. The number of hydrogen-bond acceptors (Lipinski definition) is 3. The van der Waals surface area contributed by atoms with Crippen LogP contribution in [0.15, 0.2) is 54.9 Å². The standard InChI is InChI=1S/C26H25BrN4O/c1-15-7-8-28-23(9-15)25(18-4-5-18)30-26(32)20-11-17(13-27)10-19(12-20)24-16(2)3-6-22-21(24)14-29-31-22/h3,6-12,14,18,25H,4-5,13H2,1-2H3,(H,29,31)(H,30,32). The van der Waals surface area contributed by atoms with Gasteiger partial charge in [-0.05, 0) is 90.8 Å². The van der Waals surface area contributed by atoms with Crippen LogP contribution in [0.2, 0.25) is 0 Å². The molecule has 0 spiro atoms. The molecule has 2 aromatic carbocycles. The molecule has 2 N–H and O–H groups in total. The number of benzene rings is 2. The van der Waals surface area contributed by atoms with Crippen LogP contribution in [0.25, 0.3) is 22.0 Å². The number of nitrogens with zero attached hydrogens (tertiary/aromatic N) is 2. The maximum atomic E-state index is 13.4. The lowest BCUT2D eigenvalue weighted by atomic mass is 9.94. The topological polar surface area (TPSA) is 70.7 Å². The number of nitrogens with one attached hydrogen (secondary N) is 2. The summed E-state index contributed by atoms with van der Waals surface area (Å²) in [6.45, 7) is 4.15. The highest BCUT2D eigenvalue weighted by Crippen LogP contribution is 2.41. The maximum Gasteiger partial charge on any atom is 0.251 e. The number of aromatic amines is 1. The Kier molecular flexibility index (Phi) is 5.55. The zero-order valence-electron chi connectivity index (χ0n) is 18.2. The quantitative estimate of drug-likeness (QED) is 0.326. The third-order valence-electron chi connectivity index (χ3n) is 6.17. The molecule has 0 radical (unpaired) electrons. The first-order valence-electron chi connectivity index (χ1n) is 10.9. The van der Waals surface area contributed by atoms with E-state index >= 15 is 0 Å². The molecule has 32 heavy (non-hydrogen) atoms. The van der Waals surface area contributed by atoms with E-state index in [4.69, 9.17) is 0 Å². The summed E-state index contributed by atoms with van der Waals surface area (Å²) in [7, 11) is 0. The summed E-state index contributed by atoms with van der Waals surface area (Å²) in [6, 6.07) is 14.2. The number of amides is 1. The second-order valence-electron chi connectivity index (χ2n) is 8.69. The molecule has 1 aliphatic rings. The molecule has 5 rings (SSSR count). The van der Waals surface area contributed by atoms with E-state index in [1.54, 1.807) is 0 Å². The lowest BCUT2D eigenvalue weighted by molar-refractivity contribution is 0.0930. The number of fused-ring (bicyclic) bond motifs is 1. The molecule has 2 aromatic heterocycles. The van der Waals surface area contributed by atoms with Crippen LogP contribution >= 0.6 is 15.9 Å². The minimum atomic E-state index is -0.0636. The zero-order valence-corrected chi connectivity index (χ0v) is 19.7. The summed E-state index contributed by atoms with van der Waals surface area (Å²) >= 11 is 3.58. The van der Waals surface area contributed by atoms with E-state index in [-0.39, 0.29) is 11.9 Å². The van der Waals surface area contributed by atoms with Gasteiger partial charge in [0, 0.05) is 22.5 Å². The fourth-order valence-electron chi connectivity index (χ4n) is 4.37. The molecule has 5 nitrogen and oxygen atoms in total. The van der Waals surface area contributed by atoms with Crippen molar-refractivity contribution in [1.82, 2.24) is 20.5 Å². The first-order valence-corrected chi connectivity index (χ1v) is 12.0. The van der Waals surface area contributed by atoms with Crippen molar-refractivity contribution >= 4 is 32.7 Å². The Morgan fingerprint density at radius 2 is 2.03 bits per heavy atom. The number of carbonyl (C=O) groups excluding carboxylic acids is 1. The van der Waals surface area contributed by atoms with Crippen LogP contribution in [0.1, 0.15) is 51.6 Å². The number of H-pyrrole nitrogens is 1. The number of carbonyl (C=O) groups is 1. The van der Waals surface area contributed by atoms with E-state index in [0.717, 1.165) is 57.3 Å². The molecule has 1 unspecified atom stereocenters. The molecular weight excluding hydrogens is 464 g/mol. The highest BCUT2D eigenvalue weighted by atomic mass is 79.9. The van der Waals surface area contributed by atoms with Crippen LogP contribution in [0.5, 0.6) is 0 Å². The molecule has 1 amide bonds. The number of pyridine rings is 1. The van der Waals surface area contributed by atoms with Crippen LogP contribution in [-0.4, -0.2) is 21.1 Å². The Morgan fingerprint density at radius 3 is 2.78 bits per heavy atom. The summed E-state index contributed by atoms with van der Waals surface area (Å²) < 4.78 is 0. The zero-order chi connectivity index (χ0) is 22.2. The lowest BCUT2D eigenvalue weighted by Crippen LogP contribution is -2.30. The first kappa shape index (κ1) is 20.9. The van der Waals surface area contributed by atoms with E-state index in [9.17, 15) is 4.79 Å². The predicted molar refractivity (Wildman–Crippen MR) is 131 cm³/mol. The van der Waals surface area contributed by atoms with Gasteiger partial charge < -0.3 is 5.32 Å². The maximum absolute atomic E-state index is 13.4. The van der Waals surface area contributed by atoms with Crippen molar-refractivity contribution in [1.29, 1.82) is 0 Å². The molecule has 6 heteroatoms. The molecule has 1 saturated carbocycles. The average molecular weight is 489 g/mol. The van der Waals surface area contributed by atoms with Crippen molar-refractivity contribution in [2.45, 2.75) is 38.1 Å². The van der Waals surface area contributed by atoms with Gasteiger partial charge in [0.05, 0.1) is 23.4 Å². The lowest BCUT2D eigenvalue weighted by Gasteiger charge is -2.19. The third-order valence-corrected chi connectivity index (χ3v) is 6.81. The highest BCUT2D eigenvalue weighted by molar-refractivity contribution is 9.08. The largest absolute Gasteiger partial charge is 0.343 e. The van der Waals surface area contributed by atoms with Crippen molar-refractivity contribution in [2.24, 2.45) is 5.92 Å². The molecular formula is C26H25BrN4O. The van der Waals surface area contributed by atoms with Gasteiger partial charge >= 0.3 is 0 Å². The van der Waals surface area contributed by atoms with Crippen LogP contribution in [0.3, 0.4) is 0 Å². The third kappa shape index (κ3) is 4.07. The molecule has 4 aromatic rings. The smallest absolute Gasteiger partial charge is 0.251 e. The van der Waals surface area contributed by atoms with E-state index in [2.05, 4.69) is 68.5 Å². The summed E-state index contributed by atoms with van der Waals surface area (Å²) in [5.41, 5.74) is 8.08. The molecule has 1 aliphatic carbocycles. The Balaban J connectivity index is 1.53. The molecule has 1 fully saturated rings.